The third-order valence-electron chi connectivity index (χ3n) is 2.23. The molecule has 5 heteroatoms. The van der Waals surface area contributed by atoms with E-state index in [2.05, 4.69) is 20.7 Å². The quantitative estimate of drug-likeness (QED) is 0.476. The summed E-state index contributed by atoms with van der Waals surface area (Å²) in [6.45, 7) is 0. The van der Waals surface area contributed by atoms with E-state index in [-0.39, 0.29) is 30.5 Å². The molecule has 0 aliphatic heterocycles. The highest BCUT2D eigenvalue weighted by molar-refractivity contribution is 9.10. The average molecular weight is 320 g/mol. The minimum Gasteiger partial charge on any atom is -0.469 e. The number of hydrogen-bond donors (Lipinski definition) is 0. The third-order valence-corrected chi connectivity index (χ3v) is 3.11. The summed E-state index contributed by atoms with van der Waals surface area (Å²) in [5, 5.41) is 0. The number of esters is 1. The van der Waals surface area contributed by atoms with E-state index in [0.29, 0.717) is 10.0 Å². The normalized spacial score (nSPS) is 10.1. The molecule has 0 fully saturated rings. The predicted octanol–water partition coefficient (Wildman–Crippen LogP) is 2.98. The number of carbonyl (C=O) groups is 2. The van der Waals surface area contributed by atoms with Gasteiger partial charge in [-0.25, -0.2) is 0 Å². The van der Waals surface area contributed by atoms with Crippen LogP contribution in [-0.2, 0) is 16.0 Å². The molecule has 0 N–H and O–H groups in total. The zero-order chi connectivity index (χ0) is 12.8. The molecule has 0 saturated carbocycles. The van der Waals surface area contributed by atoms with Gasteiger partial charge in [-0.3, -0.25) is 9.59 Å². The number of alkyl halides is 1. The molecule has 0 atom stereocenters. The van der Waals surface area contributed by atoms with E-state index in [9.17, 15) is 9.59 Å². The van der Waals surface area contributed by atoms with E-state index in [1.807, 2.05) is 0 Å². The van der Waals surface area contributed by atoms with Crippen molar-refractivity contribution in [2.45, 2.75) is 12.8 Å². The van der Waals surface area contributed by atoms with E-state index in [4.69, 9.17) is 11.6 Å². The molecule has 92 valence electrons. The van der Waals surface area contributed by atoms with E-state index in [1.54, 1.807) is 18.2 Å². The molecule has 0 unspecified atom stereocenters. The summed E-state index contributed by atoms with van der Waals surface area (Å²) in [4.78, 5) is 22.9. The third kappa shape index (κ3) is 4.13. The first kappa shape index (κ1) is 14.2. The molecule has 1 aromatic rings. The zero-order valence-electron chi connectivity index (χ0n) is 9.33. The molecule has 0 radical (unpaired) electrons. The topological polar surface area (TPSA) is 43.4 Å². The molecule has 0 heterocycles. The lowest BCUT2D eigenvalue weighted by molar-refractivity contribution is -0.139. The van der Waals surface area contributed by atoms with Gasteiger partial charge in [0.25, 0.3) is 0 Å². The molecule has 0 aliphatic rings. The van der Waals surface area contributed by atoms with Crippen molar-refractivity contribution in [2.75, 3.05) is 13.0 Å². The SMILES string of the molecule is COC(=O)Cc1ccc(Br)c(C(=O)CCCl)c1. The Morgan fingerprint density at radius 2 is 2.12 bits per heavy atom. The molecule has 0 aliphatic carbocycles. The largest absolute Gasteiger partial charge is 0.469 e. The van der Waals surface area contributed by atoms with Crippen LogP contribution in [0.2, 0.25) is 0 Å². The van der Waals surface area contributed by atoms with Crippen molar-refractivity contribution in [1.29, 1.82) is 0 Å². The summed E-state index contributed by atoms with van der Waals surface area (Å²) in [6.07, 6.45) is 0.437. The number of hydrogen-bond acceptors (Lipinski definition) is 3. The average Bonchev–Trinajstić information content (AvgIpc) is 2.31. The number of carbonyl (C=O) groups excluding carboxylic acids is 2. The van der Waals surface area contributed by atoms with Crippen molar-refractivity contribution in [3.8, 4) is 0 Å². The number of benzene rings is 1. The second-order valence-electron chi connectivity index (χ2n) is 3.43. The first-order valence-electron chi connectivity index (χ1n) is 5.03. The number of ether oxygens (including phenoxy) is 1. The standard InChI is InChI=1S/C12H12BrClO3/c1-17-12(16)7-8-2-3-10(13)9(6-8)11(15)4-5-14/h2-3,6H,4-5,7H2,1H3. The number of Topliss-reactive ketones (excluding diaryl/α,β-unsaturated/α-hetero) is 1. The fraction of sp³-hybridized carbons (Fsp3) is 0.333. The Morgan fingerprint density at radius 3 is 2.71 bits per heavy atom. The van der Waals surface area contributed by atoms with Gasteiger partial charge in [-0.2, -0.15) is 0 Å². The number of rotatable bonds is 5. The summed E-state index contributed by atoms with van der Waals surface area (Å²) in [5.74, 6) is -0.0892. The van der Waals surface area contributed by atoms with Crippen molar-refractivity contribution >= 4 is 39.3 Å². The van der Waals surface area contributed by atoms with Crippen LogP contribution in [0.5, 0.6) is 0 Å². The molecule has 1 aromatic carbocycles. The maximum Gasteiger partial charge on any atom is 0.309 e. The first-order chi connectivity index (χ1) is 8.08. The fourth-order valence-corrected chi connectivity index (χ4v) is 1.99. The van der Waals surface area contributed by atoms with Crippen molar-refractivity contribution in [3.63, 3.8) is 0 Å². The predicted molar refractivity (Wildman–Crippen MR) is 69.5 cm³/mol. The molecule has 3 nitrogen and oxygen atoms in total. The maximum atomic E-state index is 11.7. The zero-order valence-corrected chi connectivity index (χ0v) is 11.7. The van der Waals surface area contributed by atoms with Crippen LogP contribution in [0.15, 0.2) is 22.7 Å². The van der Waals surface area contributed by atoms with Crippen LogP contribution in [0.4, 0.5) is 0 Å². The summed E-state index contributed by atoms with van der Waals surface area (Å²) < 4.78 is 5.29. The second-order valence-corrected chi connectivity index (χ2v) is 4.66. The Balaban J connectivity index is 2.94. The Bertz CT molecular complexity index is 432. The van der Waals surface area contributed by atoms with Crippen molar-refractivity contribution in [1.82, 2.24) is 0 Å². The summed E-state index contributed by atoms with van der Waals surface area (Å²) >= 11 is 8.84. The van der Waals surface area contributed by atoms with Gasteiger partial charge in [-0.15, -0.1) is 11.6 Å². The smallest absolute Gasteiger partial charge is 0.309 e. The molecule has 17 heavy (non-hydrogen) atoms. The molecule has 0 aromatic heterocycles. The van der Waals surface area contributed by atoms with Crippen molar-refractivity contribution < 1.29 is 14.3 Å². The minimum absolute atomic E-state index is 0.0430. The van der Waals surface area contributed by atoms with Crippen LogP contribution in [-0.4, -0.2) is 24.7 Å². The molecule has 1 rings (SSSR count). The fourth-order valence-electron chi connectivity index (χ4n) is 1.36. The number of methoxy groups -OCH3 is 1. The van der Waals surface area contributed by atoms with Gasteiger partial charge in [0.15, 0.2) is 5.78 Å². The number of halogens is 2. The van der Waals surface area contributed by atoms with Gasteiger partial charge >= 0.3 is 5.97 Å². The summed E-state index contributed by atoms with van der Waals surface area (Å²) in [7, 11) is 1.33. The van der Waals surface area contributed by atoms with Crippen LogP contribution >= 0.6 is 27.5 Å². The van der Waals surface area contributed by atoms with Crippen LogP contribution in [0.3, 0.4) is 0 Å². The van der Waals surface area contributed by atoms with Gasteiger partial charge in [-0.1, -0.05) is 22.0 Å². The van der Waals surface area contributed by atoms with Gasteiger partial charge in [0.2, 0.25) is 0 Å². The molecular weight excluding hydrogens is 307 g/mol. The number of ketones is 1. The van der Waals surface area contributed by atoms with E-state index >= 15 is 0 Å². The lowest BCUT2D eigenvalue weighted by Gasteiger charge is -2.06. The van der Waals surface area contributed by atoms with Gasteiger partial charge in [0.1, 0.15) is 0 Å². The van der Waals surface area contributed by atoms with Crippen LogP contribution in [0.1, 0.15) is 22.3 Å². The highest BCUT2D eigenvalue weighted by Crippen LogP contribution is 2.20. The highest BCUT2D eigenvalue weighted by atomic mass is 79.9. The Hall–Kier alpha value is -0.870. The Labute approximate surface area is 113 Å². The van der Waals surface area contributed by atoms with Crippen LogP contribution in [0.25, 0.3) is 0 Å². The Kier molecular flexibility index (Phi) is 5.65. The molecule has 0 saturated heterocycles. The van der Waals surface area contributed by atoms with Gasteiger partial charge in [0, 0.05) is 22.3 Å². The molecular formula is C12H12BrClO3. The highest BCUT2D eigenvalue weighted by Gasteiger charge is 2.12. The van der Waals surface area contributed by atoms with E-state index < -0.39 is 0 Å². The first-order valence-corrected chi connectivity index (χ1v) is 6.35. The maximum absolute atomic E-state index is 11.7. The van der Waals surface area contributed by atoms with Crippen LogP contribution in [0, 0.1) is 0 Å². The van der Waals surface area contributed by atoms with E-state index in [1.165, 1.54) is 7.11 Å². The Morgan fingerprint density at radius 1 is 1.41 bits per heavy atom. The molecule has 0 spiro atoms. The van der Waals surface area contributed by atoms with Gasteiger partial charge in [-0.05, 0) is 17.7 Å². The van der Waals surface area contributed by atoms with Gasteiger partial charge < -0.3 is 4.74 Å². The monoisotopic (exact) mass is 318 g/mol. The van der Waals surface area contributed by atoms with Gasteiger partial charge in [0.05, 0.1) is 13.5 Å². The molecule has 0 amide bonds. The van der Waals surface area contributed by atoms with Crippen molar-refractivity contribution in [2.24, 2.45) is 0 Å². The van der Waals surface area contributed by atoms with Crippen molar-refractivity contribution in [3.05, 3.63) is 33.8 Å². The lowest BCUT2D eigenvalue weighted by atomic mass is 10.0. The summed E-state index contributed by atoms with van der Waals surface area (Å²) in [6, 6.07) is 5.22. The van der Waals surface area contributed by atoms with Crippen LogP contribution < -0.4 is 0 Å². The molecule has 0 bridgehead atoms. The summed E-state index contributed by atoms with van der Waals surface area (Å²) in [5.41, 5.74) is 1.30. The lowest BCUT2D eigenvalue weighted by Crippen LogP contribution is -2.07. The second kappa shape index (κ2) is 6.77. The van der Waals surface area contributed by atoms with E-state index in [0.717, 1.165) is 5.56 Å². The minimum atomic E-state index is -0.330.